The maximum absolute atomic E-state index is 13.7. The fourth-order valence-corrected chi connectivity index (χ4v) is 3.73. The SMILES string of the molecule is CC1(C2CC2)CN(Cc2cccc(F)c2Br)C(C)(C)CN1. The first-order chi connectivity index (χ1) is 9.82. The average Bonchev–Trinajstić information content (AvgIpc) is 3.25. The first-order valence-corrected chi connectivity index (χ1v) is 8.54. The van der Waals surface area contributed by atoms with Crippen LogP contribution in [0.15, 0.2) is 22.7 Å². The molecule has 1 saturated carbocycles. The van der Waals surface area contributed by atoms with Gasteiger partial charge in [0.05, 0.1) is 4.47 Å². The Morgan fingerprint density at radius 1 is 1.33 bits per heavy atom. The highest BCUT2D eigenvalue weighted by atomic mass is 79.9. The minimum absolute atomic E-state index is 0.0835. The van der Waals surface area contributed by atoms with E-state index in [0.29, 0.717) is 4.47 Å². The number of piperazine rings is 1. The lowest BCUT2D eigenvalue weighted by molar-refractivity contribution is 0.0176. The van der Waals surface area contributed by atoms with Crippen molar-refractivity contribution in [1.29, 1.82) is 0 Å². The van der Waals surface area contributed by atoms with E-state index < -0.39 is 0 Å². The van der Waals surface area contributed by atoms with Crippen LogP contribution in [0.2, 0.25) is 0 Å². The van der Waals surface area contributed by atoms with Crippen LogP contribution in [0.5, 0.6) is 0 Å². The summed E-state index contributed by atoms with van der Waals surface area (Å²) >= 11 is 3.40. The molecule has 1 aromatic carbocycles. The quantitative estimate of drug-likeness (QED) is 0.884. The van der Waals surface area contributed by atoms with E-state index in [2.05, 4.69) is 46.9 Å². The fraction of sp³-hybridized carbons (Fsp3) is 0.647. The molecule has 0 radical (unpaired) electrons. The number of nitrogens with one attached hydrogen (secondary N) is 1. The Morgan fingerprint density at radius 2 is 2.05 bits per heavy atom. The second-order valence-corrected chi connectivity index (χ2v) is 8.22. The Bertz CT molecular complexity index is 542. The summed E-state index contributed by atoms with van der Waals surface area (Å²) in [4.78, 5) is 2.50. The van der Waals surface area contributed by atoms with E-state index in [-0.39, 0.29) is 16.9 Å². The molecular formula is C17H24BrFN2. The summed E-state index contributed by atoms with van der Waals surface area (Å²) in [5, 5.41) is 3.76. The minimum atomic E-state index is -0.176. The van der Waals surface area contributed by atoms with Crippen LogP contribution in [0.1, 0.15) is 39.2 Å². The van der Waals surface area contributed by atoms with Crippen molar-refractivity contribution in [3.8, 4) is 0 Å². The van der Waals surface area contributed by atoms with E-state index in [4.69, 9.17) is 0 Å². The molecule has 1 N–H and O–H groups in total. The zero-order valence-electron chi connectivity index (χ0n) is 13.0. The lowest BCUT2D eigenvalue weighted by Gasteiger charge is -2.51. The van der Waals surface area contributed by atoms with Crippen LogP contribution >= 0.6 is 15.9 Å². The molecule has 1 atom stereocenters. The topological polar surface area (TPSA) is 15.3 Å². The van der Waals surface area contributed by atoms with Gasteiger partial charge in [-0.25, -0.2) is 4.39 Å². The van der Waals surface area contributed by atoms with Crippen molar-refractivity contribution < 1.29 is 4.39 Å². The Kier molecular flexibility index (Phi) is 3.92. The molecule has 1 aliphatic heterocycles. The van der Waals surface area contributed by atoms with Crippen molar-refractivity contribution in [2.75, 3.05) is 13.1 Å². The zero-order valence-corrected chi connectivity index (χ0v) is 14.6. The van der Waals surface area contributed by atoms with E-state index in [1.54, 1.807) is 6.07 Å². The van der Waals surface area contributed by atoms with Crippen LogP contribution in [-0.2, 0) is 6.54 Å². The van der Waals surface area contributed by atoms with Crippen molar-refractivity contribution in [3.05, 3.63) is 34.1 Å². The number of benzene rings is 1. The molecule has 1 heterocycles. The van der Waals surface area contributed by atoms with E-state index in [9.17, 15) is 4.39 Å². The lowest BCUT2D eigenvalue weighted by Crippen LogP contribution is -2.67. The molecule has 1 saturated heterocycles. The summed E-state index contributed by atoms with van der Waals surface area (Å²) in [5.41, 5.74) is 1.32. The third-order valence-electron chi connectivity index (χ3n) is 5.17. The predicted octanol–water partition coefficient (Wildman–Crippen LogP) is 3.94. The molecule has 1 aliphatic carbocycles. The molecule has 2 fully saturated rings. The monoisotopic (exact) mass is 354 g/mol. The summed E-state index contributed by atoms with van der Waals surface area (Å²) in [6.45, 7) is 9.66. The van der Waals surface area contributed by atoms with E-state index in [1.807, 2.05) is 6.07 Å². The molecule has 2 nitrogen and oxygen atoms in total. The summed E-state index contributed by atoms with van der Waals surface area (Å²) < 4.78 is 14.3. The number of rotatable bonds is 3. The van der Waals surface area contributed by atoms with E-state index in [1.165, 1.54) is 18.9 Å². The predicted molar refractivity (Wildman–Crippen MR) is 87.7 cm³/mol. The van der Waals surface area contributed by atoms with Gasteiger partial charge in [-0.1, -0.05) is 12.1 Å². The maximum Gasteiger partial charge on any atom is 0.137 e. The summed E-state index contributed by atoms with van der Waals surface area (Å²) in [5.74, 6) is 0.623. The van der Waals surface area contributed by atoms with Gasteiger partial charge in [-0.2, -0.15) is 0 Å². The summed E-state index contributed by atoms with van der Waals surface area (Å²) in [6.07, 6.45) is 2.67. The Labute approximate surface area is 135 Å². The third kappa shape index (κ3) is 3.03. The van der Waals surface area contributed by atoms with Crippen LogP contribution in [0, 0.1) is 11.7 Å². The lowest BCUT2D eigenvalue weighted by atomic mass is 9.86. The highest BCUT2D eigenvalue weighted by Crippen LogP contribution is 2.43. The van der Waals surface area contributed by atoms with Crippen molar-refractivity contribution in [2.24, 2.45) is 5.92 Å². The van der Waals surface area contributed by atoms with Gasteiger partial charge in [-0.15, -0.1) is 0 Å². The second kappa shape index (κ2) is 5.32. The third-order valence-corrected chi connectivity index (χ3v) is 6.06. The first kappa shape index (κ1) is 15.4. The van der Waals surface area contributed by atoms with Gasteiger partial charge in [0.2, 0.25) is 0 Å². The van der Waals surface area contributed by atoms with Gasteiger partial charge < -0.3 is 5.32 Å². The molecular weight excluding hydrogens is 331 g/mol. The van der Waals surface area contributed by atoms with Gasteiger partial charge in [-0.3, -0.25) is 4.90 Å². The smallest absolute Gasteiger partial charge is 0.137 e. The second-order valence-electron chi connectivity index (χ2n) is 7.43. The van der Waals surface area contributed by atoms with Crippen LogP contribution < -0.4 is 5.32 Å². The molecule has 0 amide bonds. The van der Waals surface area contributed by atoms with E-state index >= 15 is 0 Å². The molecule has 1 aromatic rings. The Hall–Kier alpha value is -0.450. The summed E-state index contributed by atoms with van der Waals surface area (Å²) in [7, 11) is 0. The maximum atomic E-state index is 13.7. The van der Waals surface area contributed by atoms with Gasteiger partial charge in [0.15, 0.2) is 0 Å². The molecule has 4 heteroatoms. The zero-order chi connectivity index (χ0) is 15.3. The van der Waals surface area contributed by atoms with Crippen molar-refractivity contribution in [2.45, 2.75) is 51.2 Å². The van der Waals surface area contributed by atoms with Crippen molar-refractivity contribution in [3.63, 3.8) is 0 Å². The normalized spacial score (nSPS) is 29.6. The van der Waals surface area contributed by atoms with E-state index in [0.717, 1.165) is 31.1 Å². The Balaban J connectivity index is 1.82. The minimum Gasteiger partial charge on any atom is -0.308 e. The van der Waals surface area contributed by atoms with Crippen molar-refractivity contribution in [1.82, 2.24) is 10.2 Å². The molecule has 0 bridgehead atoms. The van der Waals surface area contributed by atoms with Gasteiger partial charge in [0, 0.05) is 30.7 Å². The largest absolute Gasteiger partial charge is 0.308 e. The van der Waals surface area contributed by atoms with Crippen LogP contribution in [0.25, 0.3) is 0 Å². The molecule has 21 heavy (non-hydrogen) atoms. The molecule has 0 spiro atoms. The molecule has 1 unspecified atom stereocenters. The standard InChI is InChI=1S/C17H24BrFN2/c1-16(2)10-20-17(3,13-7-8-13)11-21(16)9-12-5-4-6-14(19)15(12)18/h4-6,13,20H,7-11H2,1-3H3. The molecule has 2 aliphatic rings. The number of hydrogen-bond acceptors (Lipinski definition) is 2. The van der Waals surface area contributed by atoms with Crippen LogP contribution in [-0.4, -0.2) is 29.1 Å². The average molecular weight is 355 g/mol. The fourth-order valence-electron chi connectivity index (χ4n) is 3.34. The first-order valence-electron chi connectivity index (χ1n) is 7.75. The van der Waals surface area contributed by atoms with Crippen LogP contribution in [0.3, 0.4) is 0 Å². The van der Waals surface area contributed by atoms with Gasteiger partial charge in [-0.05, 0) is 67.1 Å². The van der Waals surface area contributed by atoms with Gasteiger partial charge in [0.25, 0.3) is 0 Å². The molecule has 0 aromatic heterocycles. The van der Waals surface area contributed by atoms with Gasteiger partial charge in [0.1, 0.15) is 5.82 Å². The number of halogens is 2. The molecule has 3 rings (SSSR count). The van der Waals surface area contributed by atoms with Crippen LogP contribution in [0.4, 0.5) is 4.39 Å². The number of hydrogen-bond donors (Lipinski definition) is 1. The summed E-state index contributed by atoms with van der Waals surface area (Å²) in [6, 6.07) is 5.31. The molecule has 116 valence electrons. The highest BCUT2D eigenvalue weighted by Gasteiger charge is 2.48. The highest BCUT2D eigenvalue weighted by molar-refractivity contribution is 9.10. The van der Waals surface area contributed by atoms with Crippen molar-refractivity contribution >= 4 is 15.9 Å². The van der Waals surface area contributed by atoms with Gasteiger partial charge >= 0.3 is 0 Å². The number of nitrogens with zero attached hydrogens (tertiary/aromatic N) is 1. The Morgan fingerprint density at radius 3 is 2.71 bits per heavy atom.